The normalized spacial score (nSPS) is 15.8. The number of hydrogen-bond donors (Lipinski definition) is 1. The van der Waals surface area contributed by atoms with E-state index in [1.54, 1.807) is 0 Å². The van der Waals surface area contributed by atoms with Crippen LogP contribution in [0.5, 0.6) is 0 Å². The van der Waals surface area contributed by atoms with Crippen LogP contribution < -0.4 is 0 Å². The topological polar surface area (TPSA) is 89.3 Å². The van der Waals surface area contributed by atoms with Crippen molar-refractivity contribution >= 4 is 26.8 Å². The standard InChI is InChI=1S/C18H18N2O4S/c1-12-16(10-17(21)22)15-4-3-9-19-18(15)20(12)11-13-5-7-14(8-6-13)25(2,23)24/h3-9H,10-11H2,1-2H3,(H,21,22)/i1D3,10D2. The third-order valence-electron chi connectivity index (χ3n) is 3.74. The van der Waals surface area contributed by atoms with E-state index >= 15 is 0 Å². The number of sulfone groups is 1. The average molecular weight is 363 g/mol. The number of benzene rings is 1. The number of carbonyl (C=O) groups is 1. The predicted octanol–water partition coefficient (Wildman–Crippen LogP) is 2.42. The molecule has 0 atom stereocenters. The van der Waals surface area contributed by atoms with Crippen LogP contribution in [-0.2, 0) is 27.5 Å². The predicted molar refractivity (Wildman–Crippen MR) is 94.5 cm³/mol. The molecule has 0 saturated heterocycles. The summed E-state index contributed by atoms with van der Waals surface area (Å²) in [4.78, 5) is 15.9. The molecule has 0 bridgehead atoms. The summed E-state index contributed by atoms with van der Waals surface area (Å²) in [6, 6.07) is 8.70. The molecule has 0 radical (unpaired) electrons. The van der Waals surface area contributed by atoms with Crippen LogP contribution in [0.3, 0.4) is 0 Å². The monoisotopic (exact) mass is 363 g/mol. The van der Waals surface area contributed by atoms with Gasteiger partial charge in [-0.25, -0.2) is 13.4 Å². The molecular formula is C18H18N2O4S. The third-order valence-corrected chi connectivity index (χ3v) is 4.87. The van der Waals surface area contributed by atoms with Crippen molar-refractivity contribution in [2.75, 3.05) is 6.26 Å². The van der Waals surface area contributed by atoms with E-state index in [9.17, 15) is 18.3 Å². The first-order chi connectivity index (χ1) is 13.7. The minimum atomic E-state index is -3.41. The molecule has 1 N–H and O–H groups in total. The molecule has 130 valence electrons. The van der Waals surface area contributed by atoms with E-state index in [1.165, 1.54) is 47.2 Å². The van der Waals surface area contributed by atoms with E-state index in [1.807, 2.05) is 0 Å². The Morgan fingerprint density at radius 1 is 1.32 bits per heavy atom. The molecule has 7 heteroatoms. The lowest BCUT2D eigenvalue weighted by Gasteiger charge is -2.09. The molecule has 0 saturated carbocycles. The van der Waals surface area contributed by atoms with E-state index in [-0.39, 0.29) is 22.5 Å². The minimum absolute atomic E-state index is 0.0685. The third kappa shape index (κ3) is 3.41. The van der Waals surface area contributed by atoms with Crippen molar-refractivity contribution in [2.45, 2.75) is 24.7 Å². The molecule has 0 unspecified atom stereocenters. The molecule has 0 fully saturated rings. The zero-order valence-corrected chi connectivity index (χ0v) is 14.0. The Hall–Kier alpha value is -2.67. The molecule has 25 heavy (non-hydrogen) atoms. The quantitative estimate of drug-likeness (QED) is 0.752. The maximum absolute atomic E-state index is 11.7. The van der Waals surface area contributed by atoms with Gasteiger partial charge in [-0.05, 0) is 42.2 Å². The Balaban J connectivity index is 2.28. The Kier molecular flexibility index (Phi) is 2.99. The van der Waals surface area contributed by atoms with Crippen LogP contribution in [-0.4, -0.2) is 35.3 Å². The van der Waals surface area contributed by atoms with Gasteiger partial charge in [0.25, 0.3) is 0 Å². The fourth-order valence-electron chi connectivity index (χ4n) is 2.59. The summed E-state index contributed by atoms with van der Waals surface area (Å²) < 4.78 is 64.4. The lowest BCUT2D eigenvalue weighted by Crippen LogP contribution is -2.06. The Morgan fingerprint density at radius 2 is 2.04 bits per heavy atom. The summed E-state index contributed by atoms with van der Waals surface area (Å²) in [6.45, 7) is -2.90. The molecule has 2 aromatic heterocycles. The summed E-state index contributed by atoms with van der Waals surface area (Å²) in [5.41, 5.74) is -0.268. The van der Waals surface area contributed by atoms with Gasteiger partial charge < -0.3 is 9.67 Å². The second-order valence-electron chi connectivity index (χ2n) is 5.53. The second-order valence-corrected chi connectivity index (χ2v) is 7.55. The Bertz CT molecular complexity index is 1230. The van der Waals surface area contributed by atoms with Gasteiger partial charge in [-0.2, -0.15) is 0 Å². The van der Waals surface area contributed by atoms with Gasteiger partial charge in [-0.15, -0.1) is 0 Å². The molecule has 0 aliphatic carbocycles. The number of aliphatic carboxylic acids is 1. The molecule has 2 heterocycles. The van der Waals surface area contributed by atoms with Crippen molar-refractivity contribution in [3.63, 3.8) is 0 Å². The number of nitrogens with zero attached hydrogens (tertiary/aromatic N) is 2. The van der Waals surface area contributed by atoms with Gasteiger partial charge >= 0.3 is 5.97 Å². The van der Waals surface area contributed by atoms with Crippen LogP contribution in [0.25, 0.3) is 11.0 Å². The maximum Gasteiger partial charge on any atom is 0.307 e. The van der Waals surface area contributed by atoms with Gasteiger partial charge in [0.05, 0.1) is 11.3 Å². The van der Waals surface area contributed by atoms with Gasteiger partial charge in [-0.3, -0.25) is 4.79 Å². The van der Waals surface area contributed by atoms with Crippen molar-refractivity contribution in [2.24, 2.45) is 0 Å². The van der Waals surface area contributed by atoms with E-state index in [4.69, 9.17) is 6.85 Å². The van der Waals surface area contributed by atoms with Gasteiger partial charge in [-0.1, -0.05) is 12.1 Å². The molecule has 0 spiro atoms. The molecule has 0 amide bonds. The highest BCUT2D eigenvalue weighted by Gasteiger charge is 2.17. The highest BCUT2D eigenvalue weighted by atomic mass is 32.2. The molecule has 3 rings (SSSR count). The smallest absolute Gasteiger partial charge is 0.307 e. The average Bonchev–Trinajstić information content (AvgIpc) is 2.97. The Labute approximate surface area is 152 Å². The first kappa shape index (κ1) is 11.8. The minimum Gasteiger partial charge on any atom is -0.481 e. The van der Waals surface area contributed by atoms with Gasteiger partial charge in [0.15, 0.2) is 9.84 Å². The van der Waals surface area contributed by atoms with Gasteiger partial charge in [0, 0.05) is 36.9 Å². The van der Waals surface area contributed by atoms with Crippen LogP contribution >= 0.6 is 0 Å². The summed E-state index contributed by atoms with van der Waals surface area (Å²) in [5, 5.41) is 9.49. The van der Waals surface area contributed by atoms with E-state index < -0.39 is 40.3 Å². The van der Waals surface area contributed by atoms with Crippen molar-refractivity contribution < 1.29 is 25.2 Å². The number of pyridine rings is 1. The van der Waals surface area contributed by atoms with Gasteiger partial charge in [0.2, 0.25) is 0 Å². The van der Waals surface area contributed by atoms with Crippen LogP contribution in [0.2, 0.25) is 0 Å². The zero-order chi connectivity index (χ0) is 22.5. The fraction of sp³-hybridized carbons (Fsp3) is 0.222. The first-order valence-electron chi connectivity index (χ1n) is 9.75. The lowest BCUT2D eigenvalue weighted by atomic mass is 10.1. The maximum atomic E-state index is 11.7. The summed E-state index contributed by atoms with van der Waals surface area (Å²) in [6.07, 6.45) is -0.496. The molecule has 3 aromatic rings. The van der Waals surface area contributed by atoms with Crippen molar-refractivity contribution in [3.05, 3.63) is 59.4 Å². The van der Waals surface area contributed by atoms with Crippen molar-refractivity contribution in [3.8, 4) is 0 Å². The summed E-state index contributed by atoms with van der Waals surface area (Å²) >= 11 is 0. The van der Waals surface area contributed by atoms with Crippen LogP contribution in [0, 0.1) is 6.85 Å². The number of aromatic nitrogens is 2. The number of carboxylic acids is 1. The van der Waals surface area contributed by atoms with Crippen LogP contribution in [0.1, 0.15) is 23.7 Å². The number of carboxylic acid groups (broad SMARTS) is 1. The van der Waals surface area contributed by atoms with Crippen molar-refractivity contribution in [1.29, 1.82) is 0 Å². The van der Waals surface area contributed by atoms with Crippen LogP contribution in [0.4, 0.5) is 0 Å². The molecule has 1 aromatic carbocycles. The van der Waals surface area contributed by atoms with Gasteiger partial charge in [0.1, 0.15) is 5.65 Å². The molecule has 6 nitrogen and oxygen atoms in total. The zero-order valence-electron chi connectivity index (χ0n) is 18.2. The number of fused-ring (bicyclic) bond motifs is 1. The summed E-state index contributed by atoms with van der Waals surface area (Å²) in [7, 11) is -3.41. The first-order valence-corrected chi connectivity index (χ1v) is 9.14. The van der Waals surface area contributed by atoms with Crippen LogP contribution in [0.15, 0.2) is 47.5 Å². The Morgan fingerprint density at radius 3 is 2.64 bits per heavy atom. The lowest BCUT2D eigenvalue weighted by molar-refractivity contribution is -0.136. The van der Waals surface area contributed by atoms with E-state index in [0.29, 0.717) is 5.56 Å². The largest absolute Gasteiger partial charge is 0.481 e. The van der Waals surface area contributed by atoms with E-state index in [0.717, 1.165) is 6.26 Å². The molecular weight excluding hydrogens is 340 g/mol. The van der Waals surface area contributed by atoms with Crippen molar-refractivity contribution in [1.82, 2.24) is 9.55 Å². The highest BCUT2D eigenvalue weighted by Crippen LogP contribution is 2.26. The molecule has 0 aliphatic rings. The fourth-order valence-corrected chi connectivity index (χ4v) is 3.22. The SMILES string of the molecule is [2H]C([2H])([2H])c1c(C([2H])([2H])C(=O)O)c2cccnc2n1Cc1ccc(S(C)(=O)=O)cc1. The summed E-state index contributed by atoms with van der Waals surface area (Å²) in [5.74, 6) is -1.81. The number of hydrogen-bond acceptors (Lipinski definition) is 4. The van der Waals surface area contributed by atoms with E-state index in [2.05, 4.69) is 4.98 Å². The second kappa shape index (κ2) is 6.33. The highest BCUT2D eigenvalue weighted by molar-refractivity contribution is 7.90. The number of rotatable bonds is 5. The molecule has 0 aliphatic heterocycles.